The van der Waals surface area contributed by atoms with E-state index in [2.05, 4.69) is 44.4 Å². The third kappa shape index (κ3) is 3.99. The van der Waals surface area contributed by atoms with Crippen LogP contribution in [-0.4, -0.2) is 15.8 Å². The molecule has 2 N–H and O–H groups in total. The third-order valence-electron chi connectivity index (χ3n) is 5.44. The van der Waals surface area contributed by atoms with E-state index in [9.17, 15) is 4.79 Å². The molecule has 0 atom stereocenters. The molecule has 2 aromatic carbocycles. The maximum absolute atomic E-state index is 13.0. The van der Waals surface area contributed by atoms with E-state index in [1.54, 1.807) is 0 Å². The molecular weight excluding hydrogens is 360 g/mol. The number of hydrogen-bond acceptors (Lipinski definition) is 5. The van der Waals surface area contributed by atoms with Gasteiger partial charge in [-0.05, 0) is 55.0 Å². The molecular formula is C24H26N4O. The first kappa shape index (κ1) is 19.1. The van der Waals surface area contributed by atoms with Gasteiger partial charge in [0, 0.05) is 17.8 Å². The van der Waals surface area contributed by atoms with Crippen molar-refractivity contribution in [1.29, 1.82) is 0 Å². The fourth-order valence-corrected chi connectivity index (χ4v) is 3.78. The molecule has 0 spiro atoms. The maximum atomic E-state index is 13.0. The highest BCUT2D eigenvalue weighted by atomic mass is 16.1. The van der Waals surface area contributed by atoms with E-state index < -0.39 is 0 Å². The van der Waals surface area contributed by atoms with Crippen molar-refractivity contribution < 1.29 is 4.79 Å². The molecule has 0 saturated heterocycles. The van der Waals surface area contributed by atoms with Crippen molar-refractivity contribution in [1.82, 2.24) is 9.97 Å². The molecule has 29 heavy (non-hydrogen) atoms. The highest BCUT2D eigenvalue weighted by Gasteiger charge is 2.35. The fraction of sp³-hybridized carbons (Fsp3) is 0.292. The van der Waals surface area contributed by atoms with Gasteiger partial charge in [-0.15, -0.1) is 0 Å². The van der Waals surface area contributed by atoms with Crippen molar-refractivity contribution in [3.05, 3.63) is 70.9 Å². The van der Waals surface area contributed by atoms with Crippen LogP contribution in [0.15, 0.2) is 48.5 Å². The summed E-state index contributed by atoms with van der Waals surface area (Å²) in [5, 5.41) is 6.69. The Balaban J connectivity index is 1.80. The topological polar surface area (TPSA) is 66.9 Å². The van der Waals surface area contributed by atoms with Crippen LogP contribution < -0.4 is 10.6 Å². The van der Waals surface area contributed by atoms with Gasteiger partial charge in [0.25, 0.3) is 0 Å². The van der Waals surface area contributed by atoms with Crippen molar-refractivity contribution >= 4 is 28.9 Å². The SMILES string of the molecule is Cc1cccc(Nc2nc(Nc3ccccc3)nc3c2C(=O)CC(C)(C)C3)c1C. The zero-order valence-corrected chi connectivity index (χ0v) is 17.3. The summed E-state index contributed by atoms with van der Waals surface area (Å²) in [5.74, 6) is 1.16. The monoisotopic (exact) mass is 386 g/mol. The van der Waals surface area contributed by atoms with Gasteiger partial charge in [-0.1, -0.05) is 44.2 Å². The van der Waals surface area contributed by atoms with Crippen LogP contribution in [0.1, 0.15) is 47.4 Å². The largest absolute Gasteiger partial charge is 0.339 e. The molecule has 1 aliphatic carbocycles. The first-order chi connectivity index (χ1) is 13.8. The van der Waals surface area contributed by atoms with Crippen molar-refractivity contribution in [3.63, 3.8) is 0 Å². The molecule has 0 amide bonds. The van der Waals surface area contributed by atoms with Gasteiger partial charge in [0.05, 0.1) is 11.3 Å². The zero-order valence-electron chi connectivity index (χ0n) is 17.3. The van der Waals surface area contributed by atoms with Crippen LogP contribution in [0.5, 0.6) is 0 Å². The zero-order chi connectivity index (χ0) is 20.6. The van der Waals surface area contributed by atoms with Crippen LogP contribution in [0, 0.1) is 19.3 Å². The predicted octanol–water partition coefficient (Wildman–Crippen LogP) is 5.74. The summed E-state index contributed by atoms with van der Waals surface area (Å²) in [5.41, 5.74) is 5.49. The fourth-order valence-electron chi connectivity index (χ4n) is 3.78. The summed E-state index contributed by atoms with van der Waals surface area (Å²) in [6, 6.07) is 15.9. The number of carbonyl (C=O) groups excluding carboxylic acids is 1. The van der Waals surface area contributed by atoms with E-state index >= 15 is 0 Å². The van der Waals surface area contributed by atoms with Crippen molar-refractivity contribution in [2.24, 2.45) is 5.41 Å². The number of ketones is 1. The number of aryl methyl sites for hydroxylation is 1. The minimum Gasteiger partial charge on any atom is -0.339 e. The number of rotatable bonds is 4. The Hall–Kier alpha value is -3.21. The lowest BCUT2D eigenvalue weighted by atomic mass is 9.75. The Morgan fingerprint density at radius 2 is 1.66 bits per heavy atom. The molecule has 1 aromatic heterocycles. The normalized spacial score (nSPS) is 15.0. The number of Topliss-reactive ketones (excluding diaryl/α,β-unsaturated/α-hetero) is 1. The van der Waals surface area contributed by atoms with E-state index in [1.165, 1.54) is 5.56 Å². The number of fused-ring (bicyclic) bond motifs is 1. The van der Waals surface area contributed by atoms with Crippen LogP contribution in [0.2, 0.25) is 0 Å². The summed E-state index contributed by atoms with van der Waals surface area (Å²) in [4.78, 5) is 22.4. The second-order valence-corrected chi connectivity index (χ2v) is 8.52. The Labute approximate surface area is 171 Å². The first-order valence-electron chi connectivity index (χ1n) is 9.92. The molecule has 4 rings (SSSR count). The number of nitrogens with zero attached hydrogens (tertiary/aromatic N) is 2. The van der Waals surface area contributed by atoms with Gasteiger partial charge in [0.1, 0.15) is 5.82 Å². The van der Waals surface area contributed by atoms with Gasteiger partial charge >= 0.3 is 0 Å². The summed E-state index contributed by atoms with van der Waals surface area (Å²) >= 11 is 0. The second-order valence-electron chi connectivity index (χ2n) is 8.52. The van der Waals surface area contributed by atoms with Crippen molar-refractivity contribution in [3.8, 4) is 0 Å². The van der Waals surface area contributed by atoms with Crippen LogP contribution in [0.3, 0.4) is 0 Å². The smallest absolute Gasteiger partial charge is 0.229 e. The summed E-state index contributed by atoms with van der Waals surface area (Å²) in [7, 11) is 0. The van der Waals surface area contributed by atoms with E-state index in [0.29, 0.717) is 23.8 Å². The van der Waals surface area contributed by atoms with Crippen LogP contribution >= 0.6 is 0 Å². The summed E-state index contributed by atoms with van der Waals surface area (Å²) in [6.45, 7) is 8.36. The van der Waals surface area contributed by atoms with E-state index in [0.717, 1.165) is 29.1 Å². The lowest BCUT2D eigenvalue weighted by Crippen LogP contribution is -2.29. The molecule has 5 heteroatoms. The molecule has 0 aliphatic heterocycles. The Morgan fingerprint density at radius 3 is 2.41 bits per heavy atom. The standard InChI is InChI=1S/C24H26N4O/c1-15-9-8-12-18(16(15)2)26-22-21-19(13-24(3,4)14-20(21)29)27-23(28-22)25-17-10-6-5-7-11-17/h5-12H,13-14H2,1-4H3,(H2,25,26,27,28). The molecule has 0 saturated carbocycles. The molecule has 1 aliphatic rings. The van der Waals surface area contributed by atoms with Crippen LogP contribution in [0.4, 0.5) is 23.1 Å². The second kappa shape index (κ2) is 7.32. The lowest BCUT2D eigenvalue weighted by molar-refractivity contribution is 0.0911. The predicted molar refractivity (Wildman–Crippen MR) is 117 cm³/mol. The highest BCUT2D eigenvalue weighted by Crippen LogP contribution is 2.38. The number of anilines is 4. The number of aromatic nitrogens is 2. The van der Waals surface area contributed by atoms with Crippen molar-refractivity contribution in [2.45, 2.75) is 40.5 Å². The quantitative estimate of drug-likeness (QED) is 0.599. The minimum absolute atomic E-state index is 0.0929. The number of para-hydroxylation sites is 1. The van der Waals surface area contributed by atoms with Gasteiger partial charge in [0.15, 0.2) is 5.78 Å². The number of benzene rings is 2. The van der Waals surface area contributed by atoms with Crippen molar-refractivity contribution in [2.75, 3.05) is 10.6 Å². The van der Waals surface area contributed by atoms with E-state index in [1.807, 2.05) is 42.5 Å². The van der Waals surface area contributed by atoms with Gasteiger partial charge in [-0.2, -0.15) is 4.98 Å². The third-order valence-corrected chi connectivity index (χ3v) is 5.44. The van der Waals surface area contributed by atoms with E-state index in [-0.39, 0.29) is 11.2 Å². The number of carbonyl (C=O) groups is 1. The van der Waals surface area contributed by atoms with Gasteiger partial charge in [0.2, 0.25) is 5.95 Å². The maximum Gasteiger partial charge on any atom is 0.229 e. The highest BCUT2D eigenvalue weighted by molar-refractivity contribution is 6.03. The number of hydrogen-bond donors (Lipinski definition) is 2. The van der Waals surface area contributed by atoms with E-state index in [4.69, 9.17) is 9.97 Å². The number of nitrogens with one attached hydrogen (secondary N) is 2. The molecule has 148 valence electrons. The average molecular weight is 386 g/mol. The molecule has 0 bridgehead atoms. The molecule has 1 heterocycles. The molecule has 3 aromatic rings. The molecule has 0 radical (unpaired) electrons. The Morgan fingerprint density at radius 1 is 0.897 bits per heavy atom. The molecule has 5 nitrogen and oxygen atoms in total. The van der Waals surface area contributed by atoms with Gasteiger partial charge in [-0.3, -0.25) is 4.79 Å². The minimum atomic E-state index is -0.112. The lowest BCUT2D eigenvalue weighted by Gasteiger charge is -2.30. The first-order valence-corrected chi connectivity index (χ1v) is 9.92. The van der Waals surface area contributed by atoms with Gasteiger partial charge < -0.3 is 10.6 Å². The van der Waals surface area contributed by atoms with Crippen LogP contribution in [-0.2, 0) is 6.42 Å². The van der Waals surface area contributed by atoms with Gasteiger partial charge in [-0.25, -0.2) is 4.98 Å². The molecule has 0 unspecified atom stereocenters. The molecule has 0 fully saturated rings. The summed E-state index contributed by atoms with van der Waals surface area (Å²) in [6.07, 6.45) is 1.23. The van der Waals surface area contributed by atoms with Crippen LogP contribution in [0.25, 0.3) is 0 Å². The average Bonchev–Trinajstić information content (AvgIpc) is 2.64. The Bertz CT molecular complexity index is 1070. The Kier molecular flexibility index (Phi) is 4.82. The summed E-state index contributed by atoms with van der Waals surface area (Å²) < 4.78 is 0.